The molecule has 0 aliphatic rings. The van der Waals surface area contributed by atoms with E-state index in [0.29, 0.717) is 10.4 Å². The summed E-state index contributed by atoms with van der Waals surface area (Å²) in [4.78, 5) is 4.32. The molecule has 1 atom stereocenters. The maximum atomic E-state index is 13.3. The molecular weight excluding hydrogens is 335 g/mol. The second-order valence-electron chi connectivity index (χ2n) is 4.95. The van der Waals surface area contributed by atoms with Gasteiger partial charge in [0.05, 0.1) is 4.47 Å². The first kappa shape index (κ1) is 14.1. The maximum Gasteiger partial charge on any atom is 0.192 e. The third-order valence-electron chi connectivity index (χ3n) is 3.32. The maximum absolute atomic E-state index is 13.3. The van der Waals surface area contributed by atoms with E-state index in [1.165, 1.54) is 6.07 Å². The quantitative estimate of drug-likeness (QED) is 0.705. The van der Waals surface area contributed by atoms with Gasteiger partial charge in [0, 0.05) is 18.7 Å². The number of fused-ring (bicyclic) bond motifs is 1. The highest BCUT2D eigenvalue weighted by molar-refractivity contribution is 9.10. The number of anilines is 1. The molecule has 1 N–H and O–H groups in total. The zero-order valence-electron chi connectivity index (χ0n) is 11.7. The topological polar surface area (TPSA) is 38.1 Å². The molecule has 0 saturated carbocycles. The van der Waals surface area contributed by atoms with Crippen LogP contribution in [0.5, 0.6) is 0 Å². The molecule has 2 aromatic carbocycles. The van der Waals surface area contributed by atoms with Crippen LogP contribution in [0.1, 0.15) is 24.4 Å². The van der Waals surface area contributed by atoms with Crippen molar-refractivity contribution in [2.45, 2.75) is 19.9 Å². The van der Waals surface area contributed by atoms with Crippen molar-refractivity contribution < 1.29 is 8.81 Å². The Morgan fingerprint density at radius 2 is 2.05 bits per heavy atom. The van der Waals surface area contributed by atoms with Crippen LogP contribution >= 0.6 is 15.9 Å². The lowest BCUT2D eigenvalue weighted by atomic mass is 10.1. The zero-order chi connectivity index (χ0) is 15.0. The van der Waals surface area contributed by atoms with Gasteiger partial charge in [0.2, 0.25) is 0 Å². The first-order chi connectivity index (χ1) is 10.0. The summed E-state index contributed by atoms with van der Waals surface area (Å²) in [6.07, 6.45) is 0. The molecule has 3 rings (SSSR count). The van der Waals surface area contributed by atoms with Crippen LogP contribution in [0.15, 0.2) is 45.3 Å². The predicted molar refractivity (Wildman–Crippen MR) is 84.9 cm³/mol. The van der Waals surface area contributed by atoms with Gasteiger partial charge >= 0.3 is 0 Å². The van der Waals surface area contributed by atoms with Crippen molar-refractivity contribution >= 4 is 32.7 Å². The largest absolute Gasteiger partial charge is 0.441 e. The van der Waals surface area contributed by atoms with Crippen molar-refractivity contribution in [3.63, 3.8) is 0 Å². The van der Waals surface area contributed by atoms with Crippen LogP contribution in [0, 0.1) is 12.7 Å². The summed E-state index contributed by atoms with van der Waals surface area (Å²) in [5, 5.41) is 3.38. The molecule has 108 valence electrons. The number of aryl methyl sites for hydroxylation is 1. The van der Waals surface area contributed by atoms with Crippen molar-refractivity contribution in [3.05, 3.63) is 58.1 Å². The Hall–Kier alpha value is -1.88. The van der Waals surface area contributed by atoms with Gasteiger partial charge in [-0.3, -0.25) is 0 Å². The van der Waals surface area contributed by atoms with Gasteiger partial charge in [0.1, 0.15) is 11.3 Å². The monoisotopic (exact) mass is 348 g/mol. The highest BCUT2D eigenvalue weighted by Crippen LogP contribution is 2.26. The molecule has 0 spiro atoms. The number of hydrogen-bond acceptors (Lipinski definition) is 3. The van der Waals surface area contributed by atoms with Crippen molar-refractivity contribution in [3.8, 4) is 0 Å². The second-order valence-corrected chi connectivity index (χ2v) is 5.81. The van der Waals surface area contributed by atoms with Crippen LogP contribution in [0.2, 0.25) is 0 Å². The number of benzene rings is 2. The molecule has 0 saturated heterocycles. The summed E-state index contributed by atoms with van der Waals surface area (Å²) in [7, 11) is 0. The molecule has 0 fully saturated rings. The van der Waals surface area contributed by atoms with Gasteiger partial charge in [0.15, 0.2) is 11.5 Å². The Balaban J connectivity index is 1.84. The van der Waals surface area contributed by atoms with Crippen LogP contribution in [0.25, 0.3) is 11.1 Å². The van der Waals surface area contributed by atoms with Gasteiger partial charge in [0.25, 0.3) is 0 Å². The van der Waals surface area contributed by atoms with E-state index in [-0.39, 0.29) is 11.9 Å². The number of halogens is 2. The van der Waals surface area contributed by atoms with Crippen molar-refractivity contribution in [2.75, 3.05) is 5.32 Å². The summed E-state index contributed by atoms with van der Waals surface area (Å²) >= 11 is 3.21. The van der Waals surface area contributed by atoms with E-state index in [2.05, 4.69) is 26.2 Å². The van der Waals surface area contributed by atoms with E-state index in [9.17, 15) is 4.39 Å². The first-order valence-electron chi connectivity index (χ1n) is 6.61. The summed E-state index contributed by atoms with van der Waals surface area (Å²) in [6.45, 7) is 3.85. The van der Waals surface area contributed by atoms with Gasteiger partial charge in [-0.15, -0.1) is 0 Å². The number of rotatable bonds is 3. The Bertz CT molecular complexity index is 800. The van der Waals surface area contributed by atoms with E-state index >= 15 is 0 Å². The minimum absolute atomic E-state index is 0.0485. The summed E-state index contributed by atoms with van der Waals surface area (Å²) in [6, 6.07) is 10.9. The van der Waals surface area contributed by atoms with Crippen LogP contribution in [-0.2, 0) is 0 Å². The Morgan fingerprint density at radius 3 is 2.81 bits per heavy atom. The van der Waals surface area contributed by atoms with Crippen molar-refractivity contribution in [1.82, 2.24) is 4.98 Å². The van der Waals surface area contributed by atoms with Crippen LogP contribution in [-0.4, -0.2) is 4.98 Å². The Kier molecular flexibility index (Phi) is 3.68. The molecule has 0 radical (unpaired) electrons. The molecule has 0 bridgehead atoms. The molecule has 3 nitrogen and oxygen atoms in total. The number of nitrogens with zero attached hydrogens (tertiary/aromatic N) is 1. The van der Waals surface area contributed by atoms with E-state index in [4.69, 9.17) is 4.42 Å². The molecule has 1 aromatic heterocycles. The molecule has 21 heavy (non-hydrogen) atoms. The summed E-state index contributed by atoms with van der Waals surface area (Å²) in [5.41, 5.74) is 3.55. The van der Waals surface area contributed by atoms with Crippen molar-refractivity contribution in [1.29, 1.82) is 0 Å². The Morgan fingerprint density at radius 1 is 1.24 bits per heavy atom. The van der Waals surface area contributed by atoms with Gasteiger partial charge < -0.3 is 9.73 Å². The fraction of sp³-hybridized carbons (Fsp3) is 0.188. The summed E-state index contributed by atoms with van der Waals surface area (Å²) < 4.78 is 19.2. The van der Waals surface area contributed by atoms with E-state index in [1.54, 1.807) is 12.1 Å². The normalized spacial score (nSPS) is 12.6. The van der Waals surface area contributed by atoms with Gasteiger partial charge in [-0.2, -0.15) is 0 Å². The highest BCUT2D eigenvalue weighted by Gasteiger charge is 2.09. The smallest absolute Gasteiger partial charge is 0.192 e. The number of nitrogens with one attached hydrogen (secondary N) is 1. The van der Waals surface area contributed by atoms with Crippen LogP contribution in [0.3, 0.4) is 0 Å². The molecular formula is C16H14BrFN2O. The molecule has 1 unspecified atom stereocenters. The van der Waals surface area contributed by atoms with Gasteiger partial charge in [-0.25, -0.2) is 9.37 Å². The second kappa shape index (κ2) is 5.48. The predicted octanol–water partition coefficient (Wildman–Crippen LogP) is 5.21. The van der Waals surface area contributed by atoms with Crippen LogP contribution in [0.4, 0.5) is 10.1 Å². The minimum atomic E-state index is -0.259. The Labute approximate surface area is 130 Å². The average molecular weight is 349 g/mol. The lowest BCUT2D eigenvalue weighted by Crippen LogP contribution is -2.06. The summed E-state index contributed by atoms with van der Waals surface area (Å²) in [5.74, 6) is 0.392. The zero-order valence-corrected chi connectivity index (χ0v) is 13.2. The first-order valence-corrected chi connectivity index (χ1v) is 7.41. The molecule has 5 heteroatoms. The SMILES string of the molecule is Cc1nc2cc(NC(C)c3ccc(F)c(Br)c3)ccc2o1. The lowest BCUT2D eigenvalue weighted by Gasteiger charge is -2.16. The number of hydrogen-bond donors (Lipinski definition) is 1. The van der Waals surface area contributed by atoms with Gasteiger partial charge in [-0.1, -0.05) is 6.07 Å². The van der Waals surface area contributed by atoms with Crippen LogP contribution < -0.4 is 5.32 Å². The third-order valence-corrected chi connectivity index (χ3v) is 3.93. The fourth-order valence-corrected chi connectivity index (χ4v) is 2.64. The number of oxazole rings is 1. The van der Waals surface area contributed by atoms with Crippen molar-refractivity contribution in [2.24, 2.45) is 0 Å². The average Bonchev–Trinajstić information content (AvgIpc) is 2.81. The molecule has 1 heterocycles. The molecule has 3 aromatic rings. The molecule has 0 aliphatic heterocycles. The third kappa shape index (κ3) is 2.93. The van der Waals surface area contributed by atoms with E-state index in [0.717, 1.165) is 22.4 Å². The lowest BCUT2D eigenvalue weighted by molar-refractivity contribution is 0.561. The number of aromatic nitrogens is 1. The van der Waals surface area contributed by atoms with Gasteiger partial charge in [-0.05, 0) is 58.7 Å². The standard InChI is InChI=1S/C16H14BrFN2O/c1-9(11-3-5-14(18)13(17)7-11)19-12-4-6-16-15(8-12)20-10(2)21-16/h3-9,19H,1-2H3. The molecule has 0 aliphatic carbocycles. The molecule has 0 amide bonds. The van der Waals surface area contributed by atoms with E-state index in [1.807, 2.05) is 32.0 Å². The fourth-order valence-electron chi connectivity index (χ4n) is 2.25. The minimum Gasteiger partial charge on any atom is -0.441 e. The highest BCUT2D eigenvalue weighted by atomic mass is 79.9. The van der Waals surface area contributed by atoms with E-state index < -0.39 is 0 Å².